The summed E-state index contributed by atoms with van der Waals surface area (Å²) in [6, 6.07) is 7.86. The predicted molar refractivity (Wildman–Crippen MR) is 98.7 cm³/mol. The fourth-order valence-electron chi connectivity index (χ4n) is 3.38. The standard InChI is InChI=1S/C20H9F4N5O/c21-15-6-10(3-4-25-15)28-9-1-2-14-11(5-9)16-12-7-27-19(20(22,23)24)29-17(12)18(30)13(16)8-26-14/h1-8H,(H,25,28). The van der Waals surface area contributed by atoms with Crippen molar-refractivity contribution in [1.29, 1.82) is 0 Å². The highest BCUT2D eigenvalue weighted by atomic mass is 19.4. The van der Waals surface area contributed by atoms with Gasteiger partial charge < -0.3 is 5.32 Å². The number of fused-ring (bicyclic) bond motifs is 5. The van der Waals surface area contributed by atoms with Gasteiger partial charge in [0.05, 0.1) is 11.1 Å². The third-order valence-electron chi connectivity index (χ3n) is 4.65. The van der Waals surface area contributed by atoms with E-state index >= 15 is 0 Å². The number of anilines is 2. The van der Waals surface area contributed by atoms with Crippen molar-refractivity contribution >= 4 is 28.1 Å². The number of hydrogen-bond acceptors (Lipinski definition) is 6. The van der Waals surface area contributed by atoms with E-state index in [-0.39, 0.29) is 16.8 Å². The molecule has 1 aromatic carbocycles. The Hall–Kier alpha value is -3.95. The number of rotatable bonds is 2. The normalized spacial score (nSPS) is 12.7. The molecule has 1 aliphatic carbocycles. The van der Waals surface area contributed by atoms with Crippen molar-refractivity contribution in [2.45, 2.75) is 6.18 Å². The summed E-state index contributed by atoms with van der Waals surface area (Å²) in [5.74, 6) is -2.67. The molecule has 0 aliphatic heterocycles. The lowest BCUT2D eigenvalue weighted by Gasteiger charge is -2.10. The van der Waals surface area contributed by atoms with Gasteiger partial charge in [0.2, 0.25) is 17.6 Å². The van der Waals surface area contributed by atoms with E-state index in [1.165, 1.54) is 18.5 Å². The number of halogens is 4. The van der Waals surface area contributed by atoms with Crippen LogP contribution in [0.1, 0.15) is 21.9 Å². The van der Waals surface area contributed by atoms with Crippen molar-refractivity contribution in [3.8, 4) is 11.1 Å². The Labute approximate surface area is 165 Å². The molecule has 1 N–H and O–H groups in total. The average molecular weight is 411 g/mol. The molecule has 6 nitrogen and oxygen atoms in total. The molecular formula is C20H9F4N5O. The molecule has 0 bridgehead atoms. The van der Waals surface area contributed by atoms with Crippen LogP contribution in [0.4, 0.5) is 28.9 Å². The molecule has 4 aromatic rings. The number of carbonyl (C=O) groups excluding carboxylic acids is 1. The van der Waals surface area contributed by atoms with E-state index in [2.05, 4.69) is 25.3 Å². The second kappa shape index (κ2) is 6.28. The summed E-state index contributed by atoms with van der Waals surface area (Å²) in [7, 11) is 0. The van der Waals surface area contributed by atoms with Gasteiger partial charge in [-0.2, -0.15) is 17.6 Å². The smallest absolute Gasteiger partial charge is 0.355 e. The first-order valence-corrected chi connectivity index (χ1v) is 8.62. The van der Waals surface area contributed by atoms with Gasteiger partial charge in [0, 0.05) is 52.5 Å². The second-order valence-electron chi connectivity index (χ2n) is 6.55. The number of aromatic nitrogens is 4. The van der Waals surface area contributed by atoms with Crippen LogP contribution < -0.4 is 5.32 Å². The van der Waals surface area contributed by atoms with E-state index in [1.807, 2.05) is 0 Å². The molecule has 10 heteroatoms. The minimum Gasteiger partial charge on any atom is -0.355 e. The van der Waals surface area contributed by atoms with Crippen molar-refractivity contribution < 1.29 is 22.4 Å². The van der Waals surface area contributed by atoms with Crippen LogP contribution in [0.2, 0.25) is 0 Å². The topological polar surface area (TPSA) is 80.7 Å². The van der Waals surface area contributed by atoms with Crippen LogP contribution in [-0.4, -0.2) is 25.7 Å². The molecule has 0 spiro atoms. The first kappa shape index (κ1) is 18.1. The Kier molecular flexibility index (Phi) is 3.79. The molecule has 30 heavy (non-hydrogen) atoms. The summed E-state index contributed by atoms with van der Waals surface area (Å²) in [5.41, 5.74) is 2.02. The first-order chi connectivity index (χ1) is 14.3. The van der Waals surface area contributed by atoms with Crippen LogP contribution in [0.15, 0.2) is 48.9 Å². The number of benzene rings is 1. The zero-order valence-electron chi connectivity index (χ0n) is 14.8. The molecule has 1 aliphatic rings. The van der Waals surface area contributed by atoms with Crippen LogP contribution >= 0.6 is 0 Å². The van der Waals surface area contributed by atoms with Crippen molar-refractivity contribution in [2.24, 2.45) is 0 Å². The molecule has 0 radical (unpaired) electrons. The molecular weight excluding hydrogens is 402 g/mol. The van der Waals surface area contributed by atoms with Gasteiger partial charge in [-0.05, 0) is 24.3 Å². The molecule has 0 unspecified atom stereocenters. The van der Waals surface area contributed by atoms with E-state index in [1.54, 1.807) is 24.3 Å². The van der Waals surface area contributed by atoms with Gasteiger partial charge in [-0.25, -0.2) is 15.0 Å². The molecule has 0 fully saturated rings. The van der Waals surface area contributed by atoms with Gasteiger partial charge in [-0.1, -0.05) is 0 Å². The number of nitrogens with one attached hydrogen (secondary N) is 1. The quantitative estimate of drug-likeness (QED) is 0.340. The number of nitrogens with zero attached hydrogens (tertiary/aromatic N) is 4. The molecule has 3 aromatic heterocycles. The number of hydrogen-bond donors (Lipinski definition) is 1. The van der Waals surface area contributed by atoms with Crippen molar-refractivity contribution in [2.75, 3.05) is 5.32 Å². The Balaban J connectivity index is 1.66. The van der Waals surface area contributed by atoms with E-state index in [4.69, 9.17) is 0 Å². The maximum atomic E-state index is 13.3. The van der Waals surface area contributed by atoms with Crippen LogP contribution in [0, 0.1) is 5.95 Å². The number of ketones is 1. The van der Waals surface area contributed by atoms with Crippen LogP contribution in [0.25, 0.3) is 22.0 Å². The van der Waals surface area contributed by atoms with Crippen LogP contribution in [0.5, 0.6) is 0 Å². The van der Waals surface area contributed by atoms with Gasteiger partial charge in [0.25, 0.3) is 0 Å². The van der Waals surface area contributed by atoms with Crippen LogP contribution in [-0.2, 0) is 6.18 Å². The van der Waals surface area contributed by atoms with E-state index in [9.17, 15) is 22.4 Å². The van der Waals surface area contributed by atoms with Gasteiger partial charge in [0.1, 0.15) is 5.69 Å². The van der Waals surface area contributed by atoms with Gasteiger partial charge in [-0.15, -0.1) is 0 Å². The van der Waals surface area contributed by atoms with Crippen molar-refractivity contribution in [1.82, 2.24) is 19.9 Å². The maximum Gasteiger partial charge on any atom is 0.451 e. The minimum absolute atomic E-state index is 0.151. The van der Waals surface area contributed by atoms with Gasteiger partial charge >= 0.3 is 6.18 Å². The number of alkyl halides is 3. The zero-order chi connectivity index (χ0) is 21.0. The fourth-order valence-corrected chi connectivity index (χ4v) is 3.38. The van der Waals surface area contributed by atoms with E-state index < -0.39 is 23.7 Å². The summed E-state index contributed by atoms with van der Waals surface area (Å²) in [6.45, 7) is 0. The highest BCUT2D eigenvalue weighted by Gasteiger charge is 2.38. The molecule has 5 rings (SSSR count). The summed E-state index contributed by atoms with van der Waals surface area (Å²) in [6.07, 6.45) is -1.13. The molecule has 0 saturated carbocycles. The number of pyridine rings is 2. The Morgan fingerprint density at radius 3 is 2.43 bits per heavy atom. The molecule has 0 saturated heterocycles. The first-order valence-electron chi connectivity index (χ1n) is 8.62. The third kappa shape index (κ3) is 2.84. The SMILES string of the molecule is O=C1c2cnc3ccc(Nc4ccnc(F)c4)cc3c2-c2cnc(C(F)(F)F)nc21. The average Bonchev–Trinajstić information content (AvgIpc) is 2.99. The zero-order valence-corrected chi connectivity index (χ0v) is 14.8. The van der Waals surface area contributed by atoms with Crippen molar-refractivity contribution in [3.63, 3.8) is 0 Å². The summed E-state index contributed by atoms with van der Waals surface area (Å²) in [5, 5.41) is 3.55. The second-order valence-corrected chi connectivity index (χ2v) is 6.55. The van der Waals surface area contributed by atoms with Gasteiger partial charge in [0.15, 0.2) is 0 Å². The Morgan fingerprint density at radius 2 is 1.67 bits per heavy atom. The summed E-state index contributed by atoms with van der Waals surface area (Å²) in [4.78, 5) is 27.2. The minimum atomic E-state index is -4.76. The lowest BCUT2D eigenvalue weighted by atomic mass is 10.0. The Bertz CT molecular complexity index is 1350. The largest absolute Gasteiger partial charge is 0.451 e. The van der Waals surface area contributed by atoms with Gasteiger partial charge in [-0.3, -0.25) is 9.78 Å². The number of carbonyl (C=O) groups is 1. The monoisotopic (exact) mass is 411 g/mol. The van der Waals surface area contributed by atoms with Crippen molar-refractivity contribution in [3.05, 3.63) is 72.0 Å². The molecule has 0 atom stereocenters. The van der Waals surface area contributed by atoms with E-state index in [0.29, 0.717) is 27.8 Å². The fraction of sp³-hybridized carbons (Fsp3) is 0.0500. The lowest BCUT2D eigenvalue weighted by molar-refractivity contribution is -0.145. The van der Waals surface area contributed by atoms with E-state index in [0.717, 1.165) is 6.20 Å². The Morgan fingerprint density at radius 1 is 0.900 bits per heavy atom. The summed E-state index contributed by atoms with van der Waals surface area (Å²) < 4.78 is 52.2. The summed E-state index contributed by atoms with van der Waals surface area (Å²) >= 11 is 0. The van der Waals surface area contributed by atoms with Crippen LogP contribution in [0.3, 0.4) is 0 Å². The highest BCUT2D eigenvalue weighted by Crippen LogP contribution is 2.41. The maximum absolute atomic E-state index is 13.3. The molecule has 0 amide bonds. The molecule has 148 valence electrons. The predicted octanol–water partition coefficient (Wildman–Crippen LogP) is 4.53. The lowest BCUT2D eigenvalue weighted by Crippen LogP contribution is -2.13. The highest BCUT2D eigenvalue weighted by molar-refractivity contribution is 6.24. The third-order valence-corrected chi connectivity index (χ3v) is 4.65. The molecule has 3 heterocycles.